The van der Waals surface area contributed by atoms with Crippen molar-refractivity contribution in [2.75, 3.05) is 12.4 Å². The Morgan fingerprint density at radius 3 is 2.56 bits per heavy atom. The number of methoxy groups -OCH3 is 1. The standard InChI is InChI=1S/C26H24BrN3O3S/c1-15(2)17-6-11-23-21(14-17)29-24(33-23)12-16-4-8-19(9-5-16)28-26(34)30-25(31)18-7-10-22(32-3)20(27)13-18/h4-11,13-15H,12H2,1-3H3,(H2,28,30,31,34). The second-order valence-electron chi connectivity index (χ2n) is 8.12. The van der Waals surface area contributed by atoms with Gasteiger partial charge in [-0.15, -0.1) is 0 Å². The third kappa shape index (κ3) is 5.63. The van der Waals surface area contributed by atoms with Crippen LogP contribution in [0.2, 0.25) is 0 Å². The fourth-order valence-electron chi connectivity index (χ4n) is 3.45. The average Bonchev–Trinajstić information content (AvgIpc) is 3.21. The number of carbonyl (C=O) groups excluding carboxylic acids is 1. The summed E-state index contributed by atoms with van der Waals surface area (Å²) < 4.78 is 11.8. The molecule has 4 rings (SSSR count). The zero-order valence-electron chi connectivity index (χ0n) is 19.0. The molecule has 0 radical (unpaired) electrons. The third-order valence-corrected chi connectivity index (χ3v) is 6.15. The van der Waals surface area contributed by atoms with E-state index >= 15 is 0 Å². The Morgan fingerprint density at radius 1 is 1.12 bits per heavy atom. The summed E-state index contributed by atoms with van der Waals surface area (Å²) in [6.07, 6.45) is 0.583. The van der Waals surface area contributed by atoms with Crippen LogP contribution in [0.5, 0.6) is 5.75 Å². The lowest BCUT2D eigenvalue weighted by molar-refractivity contribution is 0.0977. The predicted octanol–water partition coefficient (Wildman–Crippen LogP) is 6.44. The van der Waals surface area contributed by atoms with Crippen LogP contribution in [0, 0.1) is 0 Å². The van der Waals surface area contributed by atoms with E-state index in [0.717, 1.165) is 22.4 Å². The molecule has 0 aliphatic heterocycles. The summed E-state index contributed by atoms with van der Waals surface area (Å²) in [4.78, 5) is 17.1. The molecule has 4 aromatic rings. The first kappa shape index (κ1) is 23.9. The molecule has 0 bridgehead atoms. The highest BCUT2D eigenvalue weighted by atomic mass is 79.9. The van der Waals surface area contributed by atoms with Crippen LogP contribution in [0.25, 0.3) is 11.1 Å². The topological polar surface area (TPSA) is 76.4 Å². The Bertz CT molecular complexity index is 1350. The van der Waals surface area contributed by atoms with Gasteiger partial charge < -0.3 is 14.5 Å². The number of carbonyl (C=O) groups is 1. The summed E-state index contributed by atoms with van der Waals surface area (Å²) in [6, 6.07) is 19.0. The Labute approximate surface area is 211 Å². The molecule has 0 spiro atoms. The molecule has 34 heavy (non-hydrogen) atoms. The number of halogens is 1. The Balaban J connectivity index is 1.36. The number of hydrogen-bond acceptors (Lipinski definition) is 5. The highest BCUT2D eigenvalue weighted by Gasteiger charge is 2.12. The van der Waals surface area contributed by atoms with Crippen LogP contribution in [-0.2, 0) is 6.42 Å². The molecule has 1 aromatic heterocycles. The Kier molecular flexibility index (Phi) is 7.29. The first-order chi connectivity index (χ1) is 16.3. The van der Waals surface area contributed by atoms with Crippen LogP contribution in [-0.4, -0.2) is 23.1 Å². The van der Waals surface area contributed by atoms with Gasteiger partial charge in [0.25, 0.3) is 5.91 Å². The van der Waals surface area contributed by atoms with E-state index in [4.69, 9.17) is 21.4 Å². The summed E-state index contributed by atoms with van der Waals surface area (Å²) in [7, 11) is 1.57. The van der Waals surface area contributed by atoms with Crippen LogP contribution in [0.3, 0.4) is 0 Å². The molecule has 174 valence electrons. The van der Waals surface area contributed by atoms with E-state index in [0.29, 0.717) is 34.0 Å². The minimum Gasteiger partial charge on any atom is -0.496 e. The lowest BCUT2D eigenvalue weighted by Gasteiger charge is -2.11. The van der Waals surface area contributed by atoms with Crippen molar-refractivity contribution in [1.82, 2.24) is 10.3 Å². The number of benzene rings is 3. The van der Waals surface area contributed by atoms with E-state index in [1.807, 2.05) is 30.3 Å². The van der Waals surface area contributed by atoms with E-state index in [1.54, 1.807) is 25.3 Å². The third-order valence-electron chi connectivity index (χ3n) is 5.33. The first-order valence-corrected chi connectivity index (χ1v) is 12.0. The number of hydrogen-bond donors (Lipinski definition) is 2. The van der Waals surface area contributed by atoms with Gasteiger partial charge in [-0.1, -0.05) is 32.0 Å². The molecule has 0 aliphatic carbocycles. The number of nitrogens with one attached hydrogen (secondary N) is 2. The SMILES string of the molecule is COc1ccc(C(=O)NC(=S)Nc2ccc(Cc3nc4cc(C(C)C)ccc4o3)cc2)cc1Br. The van der Waals surface area contributed by atoms with Gasteiger partial charge in [0.1, 0.15) is 11.3 Å². The number of ether oxygens (including phenoxy) is 1. The summed E-state index contributed by atoms with van der Waals surface area (Å²) in [5.41, 5.74) is 5.20. The molecule has 0 fully saturated rings. The molecule has 8 heteroatoms. The quantitative estimate of drug-likeness (QED) is 0.275. The van der Waals surface area contributed by atoms with E-state index in [9.17, 15) is 4.79 Å². The summed E-state index contributed by atoms with van der Waals surface area (Å²) >= 11 is 8.67. The second-order valence-corrected chi connectivity index (χ2v) is 9.38. The van der Waals surface area contributed by atoms with Crippen molar-refractivity contribution < 1.29 is 13.9 Å². The highest BCUT2D eigenvalue weighted by Crippen LogP contribution is 2.26. The number of thiocarbonyl (C=S) groups is 1. The van der Waals surface area contributed by atoms with Crippen molar-refractivity contribution in [1.29, 1.82) is 0 Å². The maximum absolute atomic E-state index is 12.5. The van der Waals surface area contributed by atoms with E-state index in [1.165, 1.54) is 5.56 Å². The molecule has 3 aromatic carbocycles. The van der Waals surface area contributed by atoms with Gasteiger partial charge in [0.2, 0.25) is 0 Å². The lowest BCUT2D eigenvalue weighted by atomic mass is 10.0. The Morgan fingerprint density at radius 2 is 1.88 bits per heavy atom. The maximum Gasteiger partial charge on any atom is 0.257 e. The van der Waals surface area contributed by atoms with Crippen LogP contribution in [0.1, 0.15) is 47.1 Å². The van der Waals surface area contributed by atoms with Crippen LogP contribution in [0.15, 0.2) is 69.6 Å². The van der Waals surface area contributed by atoms with E-state index in [2.05, 4.69) is 57.5 Å². The molecule has 0 aliphatic rings. The second kappa shape index (κ2) is 10.4. The number of anilines is 1. The van der Waals surface area contributed by atoms with E-state index < -0.39 is 0 Å². The number of nitrogens with zero attached hydrogens (tertiary/aromatic N) is 1. The Hall–Kier alpha value is -3.23. The monoisotopic (exact) mass is 537 g/mol. The van der Waals surface area contributed by atoms with Gasteiger partial charge in [0, 0.05) is 17.7 Å². The summed E-state index contributed by atoms with van der Waals surface area (Å²) in [6.45, 7) is 4.32. The van der Waals surface area contributed by atoms with Gasteiger partial charge in [-0.25, -0.2) is 4.98 Å². The fourth-order valence-corrected chi connectivity index (χ4v) is 4.20. The molecule has 1 heterocycles. The molecule has 0 saturated heterocycles. The van der Waals surface area contributed by atoms with Crippen molar-refractivity contribution in [3.63, 3.8) is 0 Å². The van der Waals surface area contributed by atoms with E-state index in [-0.39, 0.29) is 11.0 Å². The smallest absolute Gasteiger partial charge is 0.257 e. The normalized spacial score (nSPS) is 11.0. The van der Waals surface area contributed by atoms with Crippen LogP contribution in [0.4, 0.5) is 5.69 Å². The molecule has 2 N–H and O–H groups in total. The average molecular weight is 538 g/mol. The van der Waals surface area contributed by atoms with Gasteiger partial charge in [0.05, 0.1) is 11.6 Å². The number of fused-ring (bicyclic) bond motifs is 1. The van der Waals surface area contributed by atoms with Gasteiger partial charge in [-0.05, 0) is 87.7 Å². The predicted molar refractivity (Wildman–Crippen MR) is 142 cm³/mol. The summed E-state index contributed by atoms with van der Waals surface area (Å²) in [5, 5.41) is 5.93. The zero-order chi connectivity index (χ0) is 24.2. The molecular formula is C26H24BrN3O3S. The number of amides is 1. The molecule has 0 atom stereocenters. The van der Waals surface area contributed by atoms with Crippen LogP contribution >= 0.6 is 28.1 Å². The first-order valence-electron chi connectivity index (χ1n) is 10.8. The molecule has 0 saturated carbocycles. The van der Waals surface area contributed by atoms with Crippen molar-refractivity contribution in [2.24, 2.45) is 0 Å². The molecular weight excluding hydrogens is 514 g/mol. The number of oxazole rings is 1. The molecule has 6 nitrogen and oxygen atoms in total. The van der Waals surface area contributed by atoms with Gasteiger partial charge >= 0.3 is 0 Å². The molecule has 1 amide bonds. The van der Waals surface area contributed by atoms with Crippen molar-refractivity contribution in [3.8, 4) is 5.75 Å². The summed E-state index contributed by atoms with van der Waals surface area (Å²) in [5.74, 6) is 1.45. The van der Waals surface area contributed by atoms with Gasteiger partial charge in [-0.3, -0.25) is 10.1 Å². The maximum atomic E-state index is 12.5. The number of aromatic nitrogens is 1. The molecule has 0 unspecified atom stereocenters. The van der Waals surface area contributed by atoms with Crippen molar-refractivity contribution in [3.05, 3.63) is 87.7 Å². The fraction of sp³-hybridized carbons (Fsp3) is 0.192. The van der Waals surface area contributed by atoms with Crippen molar-refractivity contribution in [2.45, 2.75) is 26.2 Å². The minimum atomic E-state index is -0.311. The highest BCUT2D eigenvalue weighted by molar-refractivity contribution is 9.10. The van der Waals surface area contributed by atoms with Gasteiger partial charge in [0.15, 0.2) is 16.6 Å². The minimum absolute atomic E-state index is 0.213. The number of rotatable bonds is 6. The van der Waals surface area contributed by atoms with Gasteiger partial charge in [-0.2, -0.15) is 0 Å². The lowest BCUT2D eigenvalue weighted by Crippen LogP contribution is -2.34. The van der Waals surface area contributed by atoms with Crippen molar-refractivity contribution >= 4 is 56.0 Å². The zero-order valence-corrected chi connectivity index (χ0v) is 21.4. The largest absolute Gasteiger partial charge is 0.496 e. The van der Waals surface area contributed by atoms with Crippen LogP contribution < -0.4 is 15.4 Å².